The summed E-state index contributed by atoms with van der Waals surface area (Å²) in [5, 5.41) is 9.71. The first kappa shape index (κ1) is 14.1. The molecule has 4 rings (SSSR count). The van der Waals surface area contributed by atoms with Gasteiger partial charge in [-0.05, 0) is 68.1 Å². The maximum Gasteiger partial charge on any atom is 0.294 e. The second-order valence-corrected chi connectivity index (χ2v) is 7.93. The summed E-state index contributed by atoms with van der Waals surface area (Å²) in [4.78, 5) is 15.0. The number of nitrogens with two attached hydrogens (primary N) is 1. The molecule has 5 nitrogen and oxygen atoms in total. The Bertz CT molecular complexity index is 416. The summed E-state index contributed by atoms with van der Waals surface area (Å²) < 4.78 is 0. The van der Waals surface area contributed by atoms with Gasteiger partial charge in [0.1, 0.15) is 0 Å². The topological polar surface area (TPSA) is 78.4 Å². The minimum Gasteiger partial charge on any atom is -0.325 e. The van der Waals surface area contributed by atoms with Crippen molar-refractivity contribution in [1.82, 2.24) is 0 Å². The first-order chi connectivity index (χ1) is 9.38. The number of nitrogens with zero attached hydrogens (tertiary/aromatic N) is 1. The molecule has 4 aliphatic rings. The molecule has 4 bridgehead atoms. The SMILES string of the molecule is CCCC12CC3CC(N)(C1)CC(CCO[N+](=O)[O-])(C3)C2. The fourth-order valence-electron chi connectivity index (χ4n) is 6.35. The van der Waals surface area contributed by atoms with Gasteiger partial charge in [-0.2, -0.15) is 0 Å². The third kappa shape index (κ3) is 2.41. The maximum atomic E-state index is 10.4. The Hall–Kier alpha value is -0.840. The lowest BCUT2D eigenvalue weighted by Crippen LogP contribution is -2.64. The van der Waals surface area contributed by atoms with Crippen LogP contribution in [0, 0.1) is 26.9 Å². The number of hydrogen-bond acceptors (Lipinski definition) is 4. The standard InChI is InChI=1S/C15H26N2O3/c1-2-3-13-6-12-7-14(9-13,4-5-20-17(18)19)11-15(16,8-12)10-13/h12H,2-11,16H2,1H3. The lowest BCUT2D eigenvalue weighted by Gasteiger charge is -2.66. The van der Waals surface area contributed by atoms with Gasteiger partial charge in [-0.1, -0.05) is 13.3 Å². The van der Waals surface area contributed by atoms with Crippen LogP contribution in [-0.2, 0) is 4.84 Å². The van der Waals surface area contributed by atoms with E-state index in [2.05, 4.69) is 11.8 Å². The van der Waals surface area contributed by atoms with Crippen LogP contribution < -0.4 is 5.73 Å². The fraction of sp³-hybridized carbons (Fsp3) is 1.00. The predicted octanol–water partition coefficient (Wildman–Crippen LogP) is 3.05. The van der Waals surface area contributed by atoms with E-state index >= 15 is 0 Å². The van der Waals surface area contributed by atoms with Gasteiger partial charge in [0.25, 0.3) is 5.09 Å². The third-order valence-electron chi connectivity index (χ3n) is 5.95. The molecule has 114 valence electrons. The highest BCUT2D eigenvalue weighted by atomic mass is 16.9. The highest BCUT2D eigenvalue weighted by molar-refractivity contribution is 5.15. The van der Waals surface area contributed by atoms with Crippen molar-refractivity contribution < 1.29 is 9.92 Å². The Balaban J connectivity index is 1.76. The fourth-order valence-corrected chi connectivity index (χ4v) is 6.35. The van der Waals surface area contributed by atoms with Crippen molar-refractivity contribution in [3.8, 4) is 0 Å². The molecule has 0 radical (unpaired) electrons. The van der Waals surface area contributed by atoms with Gasteiger partial charge in [-0.3, -0.25) is 0 Å². The summed E-state index contributed by atoms with van der Waals surface area (Å²) in [5.74, 6) is 0.735. The largest absolute Gasteiger partial charge is 0.325 e. The second-order valence-electron chi connectivity index (χ2n) is 7.93. The summed E-state index contributed by atoms with van der Waals surface area (Å²) in [6.45, 7) is 2.49. The molecule has 0 aromatic rings. The van der Waals surface area contributed by atoms with Gasteiger partial charge in [-0.25, -0.2) is 0 Å². The van der Waals surface area contributed by atoms with Crippen LogP contribution in [0.1, 0.15) is 64.7 Å². The van der Waals surface area contributed by atoms with Gasteiger partial charge in [0, 0.05) is 5.54 Å². The quantitative estimate of drug-likeness (QED) is 0.600. The molecule has 0 aromatic heterocycles. The molecular weight excluding hydrogens is 256 g/mol. The van der Waals surface area contributed by atoms with Gasteiger partial charge in [0.2, 0.25) is 0 Å². The molecule has 0 aromatic carbocycles. The Labute approximate surface area is 120 Å². The van der Waals surface area contributed by atoms with Gasteiger partial charge in [0.15, 0.2) is 0 Å². The van der Waals surface area contributed by atoms with Crippen LogP contribution in [0.3, 0.4) is 0 Å². The summed E-state index contributed by atoms with van der Waals surface area (Å²) in [7, 11) is 0. The summed E-state index contributed by atoms with van der Waals surface area (Å²) in [5.41, 5.74) is 7.29. The van der Waals surface area contributed by atoms with E-state index in [9.17, 15) is 10.1 Å². The molecule has 4 fully saturated rings. The van der Waals surface area contributed by atoms with Crippen LogP contribution in [0.15, 0.2) is 0 Å². The normalized spacial score (nSPS) is 45.6. The van der Waals surface area contributed by atoms with E-state index in [1.807, 2.05) is 0 Å². The average molecular weight is 282 g/mol. The Kier molecular flexibility index (Phi) is 3.23. The molecule has 0 amide bonds. The van der Waals surface area contributed by atoms with E-state index in [-0.39, 0.29) is 17.6 Å². The zero-order valence-corrected chi connectivity index (χ0v) is 12.4. The van der Waals surface area contributed by atoms with E-state index in [1.54, 1.807) is 0 Å². The van der Waals surface area contributed by atoms with Crippen LogP contribution in [0.4, 0.5) is 0 Å². The van der Waals surface area contributed by atoms with E-state index in [4.69, 9.17) is 5.73 Å². The highest BCUT2D eigenvalue weighted by Gasteiger charge is 2.61. The summed E-state index contributed by atoms with van der Waals surface area (Å²) in [6, 6.07) is 0. The van der Waals surface area contributed by atoms with Crippen LogP contribution in [0.2, 0.25) is 0 Å². The lowest BCUT2D eigenvalue weighted by atomic mass is 9.41. The van der Waals surface area contributed by atoms with Crippen molar-refractivity contribution in [1.29, 1.82) is 0 Å². The first-order valence-corrected chi connectivity index (χ1v) is 7.95. The Morgan fingerprint density at radius 3 is 2.40 bits per heavy atom. The van der Waals surface area contributed by atoms with Gasteiger partial charge in [0.05, 0.1) is 6.61 Å². The second kappa shape index (κ2) is 4.58. The molecule has 0 spiro atoms. The van der Waals surface area contributed by atoms with Crippen LogP contribution in [0.25, 0.3) is 0 Å². The molecule has 4 saturated carbocycles. The van der Waals surface area contributed by atoms with E-state index < -0.39 is 5.09 Å². The first-order valence-electron chi connectivity index (χ1n) is 7.95. The molecular formula is C15H26N2O3. The van der Waals surface area contributed by atoms with E-state index in [0.717, 1.165) is 25.2 Å². The Morgan fingerprint density at radius 1 is 1.20 bits per heavy atom. The monoisotopic (exact) mass is 282 g/mol. The van der Waals surface area contributed by atoms with Crippen molar-refractivity contribution >= 4 is 0 Å². The van der Waals surface area contributed by atoms with Crippen molar-refractivity contribution in [2.24, 2.45) is 22.5 Å². The van der Waals surface area contributed by atoms with Crippen LogP contribution in [-0.4, -0.2) is 17.2 Å². The summed E-state index contributed by atoms with van der Waals surface area (Å²) in [6.07, 6.45) is 10.4. The van der Waals surface area contributed by atoms with Crippen molar-refractivity contribution in [2.45, 2.75) is 70.3 Å². The molecule has 0 aliphatic heterocycles. The minimum absolute atomic E-state index is 0.0107. The lowest BCUT2D eigenvalue weighted by molar-refractivity contribution is -0.758. The van der Waals surface area contributed by atoms with Gasteiger partial charge >= 0.3 is 0 Å². The zero-order valence-electron chi connectivity index (χ0n) is 12.4. The van der Waals surface area contributed by atoms with Gasteiger partial charge in [-0.15, -0.1) is 10.1 Å². The van der Waals surface area contributed by atoms with Crippen molar-refractivity contribution in [2.75, 3.05) is 6.61 Å². The maximum absolute atomic E-state index is 10.4. The molecule has 2 N–H and O–H groups in total. The average Bonchev–Trinajstić information content (AvgIpc) is 2.23. The molecule has 5 heteroatoms. The highest BCUT2D eigenvalue weighted by Crippen LogP contribution is 2.68. The van der Waals surface area contributed by atoms with E-state index in [0.29, 0.717) is 5.41 Å². The smallest absolute Gasteiger partial charge is 0.294 e. The molecule has 4 unspecified atom stereocenters. The zero-order chi connectivity index (χ0) is 14.4. The number of rotatable bonds is 6. The molecule has 4 atom stereocenters. The molecule has 4 aliphatic carbocycles. The van der Waals surface area contributed by atoms with Crippen molar-refractivity contribution in [3.63, 3.8) is 0 Å². The number of hydrogen-bond donors (Lipinski definition) is 1. The molecule has 20 heavy (non-hydrogen) atoms. The predicted molar refractivity (Wildman–Crippen MR) is 75.4 cm³/mol. The van der Waals surface area contributed by atoms with E-state index in [1.165, 1.54) is 38.5 Å². The van der Waals surface area contributed by atoms with Crippen LogP contribution >= 0.6 is 0 Å². The van der Waals surface area contributed by atoms with Crippen LogP contribution in [0.5, 0.6) is 0 Å². The minimum atomic E-state index is -0.666. The van der Waals surface area contributed by atoms with Crippen molar-refractivity contribution in [3.05, 3.63) is 10.1 Å². The third-order valence-corrected chi connectivity index (χ3v) is 5.95. The Morgan fingerprint density at radius 2 is 1.85 bits per heavy atom. The molecule has 0 heterocycles. The summed E-state index contributed by atoms with van der Waals surface area (Å²) >= 11 is 0. The molecule has 0 saturated heterocycles. The van der Waals surface area contributed by atoms with Gasteiger partial charge < -0.3 is 10.6 Å².